The zero-order chi connectivity index (χ0) is 14.9. The van der Waals surface area contributed by atoms with Crippen molar-refractivity contribution < 1.29 is 0 Å². The lowest BCUT2D eigenvalue weighted by Crippen LogP contribution is -1.86. The molecule has 0 aliphatic heterocycles. The lowest BCUT2D eigenvalue weighted by Gasteiger charge is -2.10. The van der Waals surface area contributed by atoms with Gasteiger partial charge < -0.3 is 4.98 Å². The molecule has 1 heterocycles. The molecule has 0 unspecified atom stereocenters. The van der Waals surface area contributed by atoms with Gasteiger partial charge in [0.2, 0.25) is 5.28 Å². The van der Waals surface area contributed by atoms with Gasteiger partial charge in [-0.05, 0) is 46.0 Å². The van der Waals surface area contributed by atoms with Crippen LogP contribution in [0.2, 0.25) is 5.28 Å². The van der Waals surface area contributed by atoms with Crippen LogP contribution < -0.4 is 0 Å². The van der Waals surface area contributed by atoms with E-state index in [9.17, 15) is 0 Å². The molecule has 0 saturated carbocycles. The molecule has 3 heteroatoms. The monoisotopic (exact) mass is 304 g/mol. The number of benzene rings is 3. The molecule has 0 fully saturated rings. The second kappa shape index (κ2) is 5.32. The topological polar surface area (TPSA) is 28.7 Å². The average Bonchev–Trinajstić information content (AvgIpc) is 2.94. The Morgan fingerprint density at radius 1 is 0.727 bits per heavy atom. The van der Waals surface area contributed by atoms with Crippen molar-refractivity contribution in [2.75, 3.05) is 0 Å². The van der Waals surface area contributed by atoms with E-state index in [2.05, 4.69) is 46.4 Å². The molecule has 4 rings (SSSR count). The van der Waals surface area contributed by atoms with Crippen molar-refractivity contribution >= 4 is 22.6 Å². The zero-order valence-electron chi connectivity index (χ0n) is 11.8. The summed E-state index contributed by atoms with van der Waals surface area (Å²) in [6.07, 6.45) is 0. The summed E-state index contributed by atoms with van der Waals surface area (Å²) in [6, 6.07) is 24.9. The molecule has 1 N–H and O–H groups in total. The summed E-state index contributed by atoms with van der Waals surface area (Å²) >= 11 is 6.01. The van der Waals surface area contributed by atoms with Gasteiger partial charge in [-0.15, -0.1) is 0 Å². The van der Waals surface area contributed by atoms with Gasteiger partial charge in [-0.3, -0.25) is 0 Å². The van der Waals surface area contributed by atoms with E-state index in [-0.39, 0.29) is 0 Å². The number of aromatic amines is 1. The Morgan fingerprint density at radius 2 is 1.27 bits per heavy atom. The molecule has 3 aromatic carbocycles. The molecule has 0 spiro atoms. The quantitative estimate of drug-likeness (QED) is 0.516. The van der Waals surface area contributed by atoms with Crippen molar-refractivity contribution in [1.82, 2.24) is 9.97 Å². The Kier molecular flexibility index (Phi) is 3.17. The third-order valence-electron chi connectivity index (χ3n) is 3.76. The van der Waals surface area contributed by atoms with Crippen molar-refractivity contribution in [1.29, 1.82) is 0 Å². The predicted octanol–water partition coefficient (Wildman–Crippen LogP) is 5.55. The molecule has 0 atom stereocenters. The number of hydrogen-bond donors (Lipinski definition) is 1. The highest BCUT2D eigenvalue weighted by molar-refractivity contribution is 6.29. The molecular formula is C19H13ClN2. The van der Waals surface area contributed by atoms with Crippen LogP contribution in [0.25, 0.3) is 33.3 Å². The first-order chi connectivity index (χ1) is 10.8. The number of fused-ring (bicyclic) bond motifs is 1. The third kappa shape index (κ3) is 2.28. The zero-order valence-corrected chi connectivity index (χ0v) is 12.5. The molecule has 0 aliphatic carbocycles. The van der Waals surface area contributed by atoms with Crippen molar-refractivity contribution in [3.05, 3.63) is 78.1 Å². The Hall–Kier alpha value is -2.58. The lowest BCUT2D eigenvalue weighted by molar-refractivity contribution is 1.34. The fraction of sp³-hybridized carbons (Fsp3) is 0. The third-order valence-corrected chi connectivity index (χ3v) is 3.94. The number of imidazole rings is 1. The van der Waals surface area contributed by atoms with Crippen LogP contribution in [0.15, 0.2) is 72.8 Å². The molecule has 106 valence electrons. The first-order valence-corrected chi connectivity index (χ1v) is 7.49. The summed E-state index contributed by atoms with van der Waals surface area (Å²) in [5, 5.41) is 0.416. The van der Waals surface area contributed by atoms with E-state index >= 15 is 0 Å². The summed E-state index contributed by atoms with van der Waals surface area (Å²) < 4.78 is 0. The maximum absolute atomic E-state index is 6.01. The largest absolute Gasteiger partial charge is 0.329 e. The van der Waals surface area contributed by atoms with E-state index in [1.165, 1.54) is 16.7 Å². The number of nitrogens with one attached hydrogen (secondary N) is 1. The van der Waals surface area contributed by atoms with Gasteiger partial charge in [0.25, 0.3) is 0 Å². The van der Waals surface area contributed by atoms with Gasteiger partial charge in [0.1, 0.15) is 0 Å². The minimum Gasteiger partial charge on any atom is -0.329 e. The number of H-pyrrole nitrogens is 1. The first kappa shape index (κ1) is 13.1. The van der Waals surface area contributed by atoms with Gasteiger partial charge in [0.15, 0.2) is 0 Å². The van der Waals surface area contributed by atoms with E-state index in [0.717, 1.165) is 16.6 Å². The van der Waals surface area contributed by atoms with Gasteiger partial charge >= 0.3 is 0 Å². The number of rotatable bonds is 2. The van der Waals surface area contributed by atoms with Crippen LogP contribution in [-0.4, -0.2) is 9.97 Å². The first-order valence-electron chi connectivity index (χ1n) is 7.11. The highest BCUT2D eigenvalue weighted by Gasteiger charge is 2.11. The van der Waals surface area contributed by atoms with Gasteiger partial charge in [0, 0.05) is 0 Å². The van der Waals surface area contributed by atoms with E-state index in [0.29, 0.717) is 5.28 Å². The van der Waals surface area contributed by atoms with Crippen molar-refractivity contribution in [3.63, 3.8) is 0 Å². The van der Waals surface area contributed by atoms with E-state index in [1.54, 1.807) is 0 Å². The summed E-state index contributed by atoms with van der Waals surface area (Å²) in [7, 11) is 0. The van der Waals surface area contributed by atoms with Crippen LogP contribution in [0.4, 0.5) is 0 Å². The van der Waals surface area contributed by atoms with Crippen molar-refractivity contribution in [2.24, 2.45) is 0 Å². The van der Waals surface area contributed by atoms with E-state index in [4.69, 9.17) is 11.6 Å². The Bertz CT molecular complexity index is 851. The summed E-state index contributed by atoms with van der Waals surface area (Å²) in [6.45, 7) is 0. The molecule has 0 aliphatic rings. The van der Waals surface area contributed by atoms with Crippen molar-refractivity contribution in [2.45, 2.75) is 0 Å². The maximum atomic E-state index is 6.01. The number of hydrogen-bond acceptors (Lipinski definition) is 1. The van der Waals surface area contributed by atoms with E-state index in [1.807, 2.05) is 36.4 Å². The van der Waals surface area contributed by atoms with Gasteiger partial charge in [-0.2, -0.15) is 0 Å². The summed E-state index contributed by atoms with van der Waals surface area (Å²) in [4.78, 5) is 7.45. The van der Waals surface area contributed by atoms with E-state index < -0.39 is 0 Å². The number of halogens is 1. The van der Waals surface area contributed by atoms with Crippen LogP contribution >= 0.6 is 11.6 Å². The second-order valence-corrected chi connectivity index (χ2v) is 5.53. The van der Waals surface area contributed by atoms with Crippen molar-refractivity contribution in [3.8, 4) is 22.3 Å². The highest BCUT2D eigenvalue weighted by atomic mass is 35.5. The van der Waals surface area contributed by atoms with Crippen LogP contribution in [0.1, 0.15) is 0 Å². The fourth-order valence-electron chi connectivity index (χ4n) is 2.74. The average molecular weight is 305 g/mol. The number of aromatic nitrogens is 2. The van der Waals surface area contributed by atoms with Crippen LogP contribution in [-0.2, 0) is 0 Å². The Labute approximate surface area is 133 Å². The van der Waals surface area contributed by atoms with Gasteiger partial charge in [-0.25, -0.2) is 4.98 Å². The standard InChI is InChI=1S/C19H13ClN2/c20-19-21-17-11-15(13-7-3-1-4-8-13)16(12-18(17)22-19)14-9-5-2-6-10-14/h1-12H,(H,21,22). The summed E-state index contributed by atoms with van der Waals surface area (Å²) in [5.41, 5.74) is 6.49. The van der Waals surface area contributed by atoms with Crippen LogP contribution in [0, 0.1) is 0 Å². The SMILES string of the molecule is Clc1nc2cc(-c3ccccc3)c(-c3ccccc3)cc2[nH]1. The second-order valence-electron chi connectivity index (χ2n) is 5.17. The summed E-state index contributed by atoms with van der Waals surface area (Å²) in [5.74, 6) is 0. The Morgan fingerprint density at radius 3 is 1.86 bits per heavy atom. The molecule has 0 radical (unpaired) electrons. The fourth-order valence-corrected chi connectivity index (χ4v) is 2.93. The normalized spacial score (nSPS) is 11.0. The predicted molar refractivity (Wildman–Crippen MR) is 92.0 cm³/mol. The van der Waals surface area contributed by atoms with Crippen LogP contribution in [0.3, 0.4) is 0 Å². The van der Waals surface area contributed by atoms with Crippen LogP contribution in [0.5, 0.6) is 0 Å². The highest BCUT2D eigenvalue weighted by Crippen LogP contribution is 2.35. The minimum atomic E-state index is 0.416. The molecule has 22 heavy (non-hydrogen) atoms. The molecule has 0 saturated heterocycles. The molecule has 0 bridgehead atoms. The van der Waals surface area contributed by atoms with Gasteiger partial charge in [-0.1, -0.05) is 60.7 Å². The molecular weight excluding hydrogens is 292 g/mol. The smallest absolute Gasteiger partial charge is 0.201 e. The maximum Gasteiger partial charge on any atom is 0.201 e. The molecule has 0 amide bonds. The lowest BCUT2D eigenvalue weighted by atomic mass is 9.94. The molecule has 2 nitrogen and oxygen atoms in total. The van der Waals surface area contributed by atoms with Gasteiger partial charge in [0.05, 0.1) is 11.0 Å². The Balaban J connectivity index is 2.04. The molecule has 1 aromatic heterocycles. The number of nitrogens with zero attached hydrogens (tertiary/aromatic N) is 1. The minimum absolute atomic E-state index is 0.416. The molecule has 4 aromatic rings.